The van der Waals surface area contributed by atoms with E-state index < -0.39 is 0 Å². The number of benzene rings is 3. The molecular formula is C21H13N. The molecule has 0 bridgehead atoms. The highest BCUT2D eigenvalue weighted by molar-refractivity contribution is 6.07. The first kappa shape index (κ1) is 12.6. The molecule has 102 valence electrons. The fourth-order valence-electron chi connectivity index (χ4n) is 2.65. The second kappa shape index (κ2) is 5.35. The quantitative estimate of drug-likeness (QED) is 0.333. The second-order valence-electron chi connectivity index (χ2n) is 5.14. The number of para-hydroxylation sites is 1. The number of hydrogen-bond acceptors (Lipinski definition) is 1. The van der Waals surface area contributed by atoms with Crippen LogP contribution in [0.2, 0.25) is 0 Å². The second-order valence-corrected chi connectivity index (χ2v) is 5.14. The maximum atomic E-state index is 4.74. The summed E-state index contributed by atoms with van der Waals surface area (Å²) in [6, 6.07) is 26.5. The predicted molar refractivity (Wildman–Crippen MR) is 91.7 cm³/mol. The van der Waals surface area contributed by atoms with Crippen molar-refractivity contribution in [2.45, 2.75) is 0 Å². The molecule has 4 rings (SSSR count). The van der Waals surface area contributed by atoms with Crippen LogP contribution < -0.4 is 0 Å². The Morgan fingerprint density at radius 3 is 2.00 bits per heavy atom. The molecule has 3 aromatic carbocycles. The Kier molecular flexibility index (Phi) is 3.07. The zero-order valence-electron chi connectivity index (χ0n) is 12.0. The van der Waals surface area contributed by atoms with E-state index in [-0.39, 0.29) is 0 Å². The smallest absolute Gasteiger partial charge is 0.122 e. The van der Waals surface area contributed by atoms with Gasteiger partial charge in [-0.3, -0.25) is 0 Å². The Bertz CT molecular complexity index is 1020. The van der Waals surface area contributed by atoms with Crippen molar-refractivity contribution in [2.24, 2.45) is 0 Å². The summed E-state index contributed by atoms with van der Waals surface area (Å²) in [7, 11) is 0. The van der Waals surface area contributed by atoms with Crippen molar-refractivity contribution in [3.05, 3.63) is 90.1 Å². The molecule has 0 amide bonds. The van der Waals surface area contributed by atoms with Gasteiger partial charge in [0.2, 0.25) is 0 Å². The average molecular weight is 279 g/mol. The van der Waals surface area contributed by atoms with Crippen LogP contribution in [0.1, 0.15) is 11.3 Å². The molecule has 1 nitrogen and oxygen atoms in total. The first-order valence-electron chi connectivity index (χ1n) is 7.26. The molecule has 1 heterocycles. The van der Waals surface area contributed by atoms with Gasteiger partial charge in [0.15, 0.2) is 0 Å². The largest absolute Gasteiger partial charge is 0.239 e. The highest BCUT2D eigenvalue weighted by Crippen LogP contribution is 2.25. The molecule has 0 radical (unpaired) electrons. The molecule has 4 aromatic rings. The summed E-state index contributed by atoms with van der Waals surface area (Å²) < 4.78 is 0. The lowest BCUT2D eigenvalue weighted by Crippen LogP contribution is -1.89. The molecule has 0 aliphatic carbocycles. The average Bonchev–Trinajstić information content (AvgIpc) is 2.60. The SMILES string of the molecule is C(#Cc1nc2ccccc2c2ccccc12)c1ccccc1. The Labute approximate surface area is 129 Å². The van der Waals surface area contributed by atoms with Gasteiger partial charge in [0, 0.05) is 16.3 Å². The van der Waals surface area contributed by atoms with Crippen LogP contribution in [0.3, 0.4) is 0 Å². The van der Waals surface area contributed by atoms with Gasteiger partial charge in [-0.1, -0.05) is 66.6 Å². The monoisotopic (exact) mass is 279 g/mol. The van der Waals surface area contributed by atoms with Gasteiger partial charge < -0.3 is 0 Å². The fraction of sp³-hybridized carbons (Fsp3) is 0. The lowest BCUT2D eigenvalue weighted by molar-refractivity contribution is 1.39. The first-order valence-corrected chi connectivity index (χ1v) is 7.26. The summed E-state index contributed by atoms with van der Waals surface area (Å²) in [5, 5.41) is 3.47. The molecule has 0 unspecified atom stereocenters. The van der Waals surface area contributed by atoms with Gasteiger partial charge >= 0.3 is 0 Å². The normalized spacial score (nSPS) is 10.4. The minimum Gasteiger partial charge on any atom is -0.239 e. The van der Waals surface area contributed by atoms with Crippen molar-refractivity contribution in [2.75, 3.05) is 0 Å². The Balaban J connectivity index is 1.99. The van der Waals surface area contributed by atoms with E-state index in [1.807, 2.05) is 54.6 Å². The van der Waals surface area contributed by atoms with Gasteiger partial charge in [0.1, 0.15) is 5.69 Å². The van der Waals surface area contributed by atoms with Crippen LogP contribution in [0.5, 0.6) is 0 Å². The molecule has 0 spiro atoms. The standard InChI is InChI=1S/C21H13N/c1-2-8-16(9-3-1)14-15-21-19-11-5-4-10-17(19)18-12-6-7-13-20(18)22-21/h1-13H. The fourth-order valence-corrected chi connectivity index (χ4v) is 2.65. The topological polar surface area (TPSA) is 12.9 Å². The maximum absolute atomic E-state index is 4.74. The molecule has 0 saturated heterocycles. The Morgan fingerprint density at radius 2 is 1.18 bits per heavy atom. The maximum Gasteiger partial charge on any atom is 0.122 e. The molecule has 0 fully saturated rings. The number of nitrogens with zero attached hydrogens (tertiary/aromatic N) is 1. The molecule has 1 aromatic heterocycles. The number of rotatable bonds is 0. The Morgan fingerprint density at radius 1 is 0.545 bits per heavy atom. The van der Waals surface area contributed by atoms with Gasteiger partial charge in [0.25, 0.3) is 0 Å². The van der Waals surface area contributed by atoms with E-state index in [4.69, 9.17) is 4.98 Å². The van der Waals surface area contributed by atoms with E-state index in [0.29, 0.717) is 0 Å². The van der Waals surface area contributed by atoms with Crippen LogP contribution in [0, 0.1) is 11.8 Å². The van der Waals surface area contributed by atoms with E-state index in [1.165, 1.54) is 10.8 Å². The van der Waals surface area contributed by atoms with Crippen molar-refractivity contribution in [3.63, 3.8) is 0 Å². The molecular weight excluding hydrogens is 266 g/mol. The van der Waals surface area contributed by atoms with Crippen molar-refractivity contribution in [3.8, 4) is 11.8 Å². The van der Waals surface area contributed by atoms with Gasteiger partial charge in [-0.05, 0) is 29.5 Å². The zero-order valence-corrected chi connectivity index (χ0v) is 12.0. The number of fused-ring (bicyclic) bond motifs is 3. The van der Waals surface area contributed by atoms with Gasteiger partial charge in [-0.2, -0.15) is 0 Å². The molecule has 0 atom stereocenters. The number of pyridine rings is 1. The molecule has 0 aliphatic heterocycles. The minimum atomic E-state index is 0.832. The van der Waals surface area contributed by atoms with Crippen molar-refractivity contribution < 1.29 is 0 Å². The third-order valence-corrected chi connectivity index (χ3v) is 3.71. The lowest BCUT2D eigenvalue weighted by Gasteiger charge is -2.05. The third kappa shape index (κ3) is 2.21. The van der Waals surface area contributed by atoms with Gasteiger partial charge in [0.05, 0.1) is 5.52 Å². The van der Waals surface area contributed by atoms with Crippen LogP contribution in [-0.4, -0.2) is 4.98 Å². The molecule has 0 aliphatic rings. The number of hydrogen-bond donors (Lipinski definition) is 0. The molecule has 0 N–H and O–H groups in total. The van der Waals surface area contributed by atoms with Crippen molar-refractivity contribution in [1.82, 2.24) is 4.98 Å². The summed E-state index contributed by atoms with van der Waals surface area (Å²) >= 11 is 0. The van der Waals surface area contributed by atoms with Gasteiger partial charge in [-0.25, -0.2) is 4.98 Å². The van der Waals surface area contributed by atoms with E-state index >= 15 is 0 Å². The third-order valence-electron chi connectivity index (χ3n) is 3.71. The van der Waals surface area contributed by atoms with Crippen LogP contribution in [0.15, 0.2) is 78.9 Å². The number of aromatic nitrogens is 1. The van der Waals surface area contributed by atoms with E-state index in [2.05, 4.69) is 36.1 Å². The van der Waals surface area contributed by atoms with Crippen LogP contribution in [-0.2, 0) is 0 Å². The van der Waals surface area contributed by atoms with E-state index in [0.717, 1.165) is 22.2 Å². The van der Waals surface area contributed by atoms with E-state index in [1.54, 1.807) is 0 Å². The van der Waals surface area contributed by atoms with Crippen molar-refractivity contribution >= 4 is 21.7 Å². The first-order chi connectivity index (χ1) is 10.9. The summed E-state index contributed by atoms with van der Waals surface area (Å²) in [5.74, 6) is 6.44. The van der Waals surface area contributed by atoms with E-state index in [9.17, 15) is 0 Å². The summed E-state index contributed by atoms with van der Waals surface area (Å²) in [4.78, 5) is 4.74. The summed E-state index contributed by atoms with van der Waals surface area (Å²) in [6.07, 6.45) is 0. The summed E-state index contributed by atoms with van der Waals surface area (Å²) in [5.41, 5.74) is 2.82. The summed E-state index contributed by atoms with van der Waals surface area (Å²) in [6.45, 7) is 0. The highest BCUT2D eigenvalue weighted by Gasteiger charge is 2.05. The van der Waals surface area contributed by atoms with Crippen molar-refractivity contribution in [1.29, 1.82) is 0 Å². The van der Waals surface area contributed by atoms with Crippen LogP contribution >= 0.6 is 0 Å². The zero-order chi connectivity index (χ0) is 14.8. The molecule has 22 heavy (non-hydrogen) atoms. The van der Waals surface area contributed by atoms with Gasteiger partial charge in [-0.15, -0.1) is 0 Å². The minimum absolute atomic E-state index is 0.832. The van der Waals surface area contributed by atoms with Crippen LogP contribution in [0.4, 0.5) is 0 Å². The predicted octanol–water partition coefficient (Wildman–Crippen LogP) is 4.79. The molecule has 0 saturated carbocycles. The Hall–Kier alpha value is -3.11. The van der Waals surface area contributed by atoms with Crippen LogP contribution in [0.25, 0.3) is 21.7 Å². The molecule has 1 heteroatoms. The highest BCUT2D eigenvalue weighted by atomic mass is 14.7. The lowest BCUT2D eigenvalue weighted by atomic mass is 10.0.